The lowest BCUT2D eigenvalue weighted by Crippen LogP contribution is -2.17. The van der Waals surface area contributed by atoms with Crippen LogP contribution in [0.15, 0.2) is 54.9 Å². The average Bonchev–Trinajstić information content (AvgIpc) is 3.08. The summed E-state index contributed by atoms with van der Waals surface area (Å²) in [6.45, 7) is 1.64. The number of nitro benzene ring substituents is 1. The maximum absolute atomic E-state index is 13.8. The second-order valence-electron chi connectivity index (χ2n) is 6.92. The normalized spacial score (nSPS) is 10.6. The van der Waals surface area contributed by atoms with Gasteiger partial charge in [-0.05, 0) is 30.7 Å². The molecule has 0 saturated carbocycles. The third-order valence-corrected chi connectivity index (χ3v) is 4.78. The highest BCUT2D eigenvalue weighted by Gasteiger charge is 2.18. The molecule has 0 fully saturated rings. The zero-order valence-electron chi connectivity index (χ0n) is 16.4. The maximum Gasteiger partial charge on any atom is 0.306 e. The molecule has 0 unspecified atom stereocenters. The average molecular weight is 436 g/mol. The molecule has 0 bridgehead atoms. The van der Waals surface area contributed by atoms with E-state index in [1.807, 2.05) is 24.3 Å². The van der Waals surface area contributed by atoms with Crippen LogP contribution in [0.5, 0.6) is 0 Å². The number of nitrogens with two attached hydrogens (primary N) is 1. The smallest absolute Gasteiger partial charge is 0.306 e. The first-order valence-corrected chi connectivity index (χ1v) is 9.24. The highest BCUT2D eigenvalue weighted by Crippen LogP contribution is 2.31. The molecule has 164 valence electrons. The Hall–Kier alpha value is -4.34. The minimum absolute atomic E-state index is 0. The number of carbonyl (C=O) groups excluding carboxylic acids is 1. The molecule has 2 heterocycles. The maximum atomic E-state index is 13.8. The third kappa shape index (κ3) is 4.24. The molecule has 2 aromatic carbocycles. The summed E-state index contributed by atoms with van der Waals surface area (Å²) in [6, 6.07) is 11.4. The van der Waals surface area contributed by atoms with Crippen molar-refractivity contribution in [2.75, 3.05) is 5.32 Å². The molecule has 32 heavy (non-hydrogen) atoms. The molecule has 2 aromatic heterocycles. The van der Waals surface area contributed by atoms with Crippen LogP contribution in [0.3, 0.4) is 0 Å². The highest BCUT2D eigenvalue weighted by atomic mass is 19.1. The first kappa shape index (κ1) is 22.3. The van der Waals surface area contributed by atoms with Crippen LogP contribution in [0, 0.1) is 22.9 Å². The highest BCUT2D eigenvalue weighted by molar-refractivity contribution is 5.96. The molecular weight excluding hydrogens is 415 g/mol. The zero-order valence-corrected chi connectivity index (χ0v) is 16.4. The van der Waals surface area contributed by atoms with Gasteiger partial charge < -0.3 is 15.6 Å². The quantitative estimate of drug-likeness (QED) is 0.342. The van der Waals surface area contributed by atoms with E-state index in [1.165, 1.54) is 6.20 Å². The van der Waals surface area contributed by atoms with Crippen molar-refractivity contribution < 1.29 is 14.1 Å². The molecule has 0 spiro atoms. The van der Waals surface area contributed by atoms with Crippen molar-refractivity contribution >= 4 is 34.1 Å². The van der Waals surface area contributed by atoms with Crippen molar-refractivity contribution in [3.05, 3.63) is 76.4 Å². The minimum atomic E-state index is -0.912. The van der Waals surface area contributed by atoms with E-state index in [0.717, 1.165) is 28.6 Å². The summed E-state index contributed by atoms with van der Waals surface area (Å²) < 4.78 is 15.6. The van der Waals surface area contributed by atoms with E-state index in [9.17, 15) is 19.3 Å². The van der Waals surface area contributed by atoms with Crippen molar-refractivity contribution in [3.8, 4) is 11.3 Å². The van der Waals surface area contributed by atoms with Gasteiger partial charge in [0.15, 0.2) is 0 Å². The largest absolute Gasteiger partial charge is 0.368 e. The van der Waals surface area contributed by atoms with Gasteiger partial charge in [-0.15, -0.1) is 0 Å². The lowest BCUT2D eigenvalue weighted by atomic mass is 10.1. The molecular formula is C22H21FN6O3. The molecule has 3 N–H and O–H groups in total. The summed E-state index contributed by atoms with van der Waals surface area (Å²) in [6.07, 6.45) is 3.33. The molecule has 0 aliphatic heterocycles. The van der Waals surface area contributed by atoms with E-state index < -0.39 is 22.3 Å². The van der Waals surface area contributed by atoms with E-state index in [0.29, 0.717) is 16.9 Å². The summed E-state index contributed by atoms with van der Waals surface area (Å²) in [7, 11) is 0. The van der Waals surface area contributed by atoms with Crippen LogP contribution in [-0.4, -0.2) is 25.4 Å². The molecule has 9 nitrogen and oxygen atoms in total. The van der Waals surface area contributed by atoms with E-state index >= 15 is 0 Å². The lowest BCUT2D eigenvalue weighted by molar-refractivity contribution is -0.387. The van der Waals surface area contributed by atoms with Gasteiger partial charge >= 0.3 is 5.69 Å². The SMILES string of the molecule is C.Cc1cc(F)c([N+](=O)[O-])cc1Nc1nccc(-c2cn(CC(N)=O)c3ccccc23)n1. The number of hydrogen-bond acceptors (Lipinski definition) is 6. The van der Waals surface area contributed by atoms with Gasteiger partial charge in [0, 0.05) is 34.9 Å². The Balaban J connectivity index is 0.00000289. The first-order chi connectivity index (χ1) is 14.8. The van der Waals surface area contributed by atoms with Gasteiger partial charge in [0.05, 0.1) is 16.3 Å². The number of nitro groups is 1. The van der Waals surface area contributed by atoms with Crippen LogP contribution in [0.4, 0.5) is 21.7 Å². The monoisotopic (exact) mass is 436 g/mol. The van der Waals surface area contributed by atoms with Crippen molar-refractivity contribution in [1.82, 2.24) is 14.5 Å². The Bertz CT molecular complexity index is 1330. The van der Waals surface area contributed by atoms with Crippen molar-refractivity contribution in [2.45, 2.75) is 20.9 Å². The number of amides is 1. The van der Waals surface area contributed by atoms with Gasteiger partial charge in [-0.1, -0.05) is 25.6 Å². The van der Waals surface area contributed by atoms with Gasteiger partial charge in [0.1, 0.15) is 6.54 Å². The fourth-order valence-electron chi connectivity index (χ4n) is 3.37. The molecule has 1 amide bonds. The predicted molar refractivity (Wildman–Crippen MR) is 120 cm³/mol. The van der Waals surface area contributed by atoms with Crippen molar-refractivity contribution in [1.29, 1.82) is 0 Å². The molecule has 0 atom stereocenters. The molecule has 0 saturated heterocycles. The van der Waals surface area contributed by atoms with Crippen molar-refractivity contribution in [2.24, 2.45) is 5.73 Å². The lowest BCUT2D eigenvalue weighted by Gasteiger charge is -2.09. The van der Waals surface area contributed by atoms with Crippen LogP contribution in [0.1, 0.15) is 13.0 Å². The molecule has 0 aliphatic carbocycles. The molecule has 10 heteroatoms. The summed E-state index contributed by atoms with van der Waals surface area (Å²) in [4.78, 5) is 30.4. The number of nitrogens with zero attached hydrogens (tertiary/aromatic N) is 4. The summed E-state index contributed by atoms with van der Waals surface area (Å²) in [5, 5.41) is 14.8. The summed E-state index contributed by atoms with van der Waals surface area (Å²) in [5.41, 5.74) is 7.68. The van der Waals surface area contributed by atoms with Gasteiger partial charge in [-0.3, -0.25) is 14.9 Å². The number of carbonyl (C=O) groups is 1. The number of anilines is 2. The number of halogens is 1. The Labute approximate surface area is 182 Å². The fourth-order valence-corrected chi connectivity index (χ4v) is 3.37. The summed E-state index contributed by atoms with van der Waals surface area (Å²) in [5.74, 6) is -1.19. The number of aryl methyl sites for hydroxylation is 1. The zero-order chi connectivity index (χ0) is 22.1. The molecule has 0 radical (unpaired) electrons. The second kappa shape index (κ2) is 8.80. The van der Waals surface area contributed by atoms with Gasteiger partial charge in [-0.2, -0.15) is 4.39 Å². The summed E-state index contributed by atoms with van der Waals surface area (Å²) >= 11 is 0. The second-order valence-corrected chi connectivity index (χ2v) is 6.92. The minimum Gasteiger partial charge on any atom is -0.368 e. The van der Waals surface area contributed by atoms with Gasteiger partial charge in [0.2, 0.25) is 17.7 Å². The number of benzene rings is 2. The number of primary amides is 1. The van der Waals surface area contributed by atoms with Crippen LogP contribution < -0.4 is 11.1 Å². The van der Waals surface area contributed by atoms with Crippen LogP contribution in [0.25, 0.3) is 22.2 Å². The molecule has 0 aliphatic rings. The van der Waals surface area contributed by atoms with Crippen molar-refractivity contribution in [3.63, 3.8) is 0 Å². The first-order valence-electron chi connectivity index (χ1n) is 9.24. The van der Waals surface area contributed by atoms with E-state index in [4.69, 9.17) is 5.73 Å². The fraction of sp³-hybridized carbons (Fsp3) is 0.136. The number of para-hydroxylation sites is 1. The number of fused-ring (bicyclic) bond motifs is 1. The van der Waals surface area contributed by atoms with Gasteiger partial charge in [-0.25, -0.2) is 9.97 Å². The van der Waals surface area contributed by atoms with Crippen LogP contribution in [0.2, 0.25) is 0 Å². The number of rotatable bonds is 6. The van der Waals surface area contributed by atoms with Crippen LogP contribution >= 0.6 is 0 Å². The Morgan fingerprint density at radius 2 is 2.03 bits per heavy atom. The van der Waals surface area contributed by atoms with E-state index in [2.05, 4.69) is 15.3 Å². The van der Waals surface area contributed by atoms with E-state index in [1.54, 1.807) is 23.8 Å². The Morgan fingerprint density at radius 1 is 1.28 bits per heavy atom. The molecule has 4 aromatic rings. The van der Waals surface area contributed by atoms with E-state index in [-0.39, 0.29) is 19.9 Å². The third-order valence-electron chi connectivity index (χ3n) is 4.78. The Kier molecular flexibility index (Phi) is 6.15. The predicted octanol–water partition coefficient (Wildman–Crippen LogP) is 4.32. The Morgan fingerprint density at radius 3 is 2.75 bits per heavy atom. The standard InChI is InChI=1S/C21H17FN6O3.CH4/c1-12-8-15(22)19(28(30)31)9-17(12)26-21-24-7-6-16(25-21)14-10-27(11-20(23)29)18-5-3-2-4-13(14)18;/h2-10H,11H2,1H3,(H2,23,29)(H,24,25,26);1H4. The number of aromatic nitrogens is 3. The topological polar surface area (TPSA) is 129 Å². The molecule has 4 rings (SSSR count). The number of nitrogens with one attached hydrogen (secondary N) is 1. The van der Waals surface area contributed by atoms with Gasteiger partial charge in [0.25, 0.3) is 0 Å². The number of hydrogen-bond donors (Lipinski definition) is 2. The van der Waals surface area contributed by atoms with Crippen LogP contribution in [-0.2, 0) is 11.3 Å².